The summed E-state index contributed by atoms with van der Waals surface area (Å²) in [6, 6.07) is 101. The Kier molecular flexibility index (Phi) is 9.33. The number of fused-ring (bicyclic) bond motifs is 12. The van der Waals surface area contributed by atoms with E-state index in [1.807, 2.05) is 0 Å². The first kappa shape index (κ1) is 41.2. The van der Waals surface area contributed by atoms with E-state index in [-0.39, 0.29) is 0 Å². The predicted octanol–water partition coefficient (Wildman–Crippen LogP) is 20.5. The van der Waals surface area contributed by atoms with E-state index in [4.69, 9.17) is 0 Å². The minimum absolute atomic E-state index is 1.09. The van der Waals surface area contributed by atoms with Gasteiger partial charge in [0.2, 0.25) is 0 Å². The van der Waals surface area contributed by atoms with Crippen LogP contribution >= 0.6 is 0 Å². The van der Waals surface area contributed by atoms with Crippen molar-refractivity contribution in [1.29, 1.82) is 0 Å². The zero-order chi connectivity index (χ0) is 48.0. The molecule has 15 aromatic rings. The molecule has 0 saturated heterocycles. The molecule has 0 aromatic heterocycles. The minimum Gasteiger partial charge on any atom is -0.311 e. The lowest BCUT2D eigenvalue weighted by Crippen LogP contribution is -2.09. The molecule has 0 unspecified atom stereocenters. The summed E-state index contributed by atoms with van der Waals surface area (Å²) >= 11 is 0. The molecule has 15 aromatic carbocycles. The molecule has 0 atom stereocenters. The molecule has 15 rings (SSSR count). The van der Waals surface area contributed by atoms with Gasteiger partial charge in [0.15, 0.2) is 0 Å². The second kappa shape index (κ2) is 16.5. The van der Waals surface area contributed by atoms with Crippen molar-refractivity contribution in [3.05, 3.63) is 273 Å². The predicted molar refractivity (Wildman–Crippen MR) is 315 cm³/mol. The van der Waals surface area contributed by atoms with Crippen molar-refractivity contribution in [3.63, 3.8) is 0 Å². The molecule has 0 saturated carbocycles. The van der Waals surface area contributed by atoms with Crippen LogP contribution in [-0.4, -0.2) is 0 Å². The molecule has 0 aliphatic rings. The average molecular weight is 924 g/mol. The van der Waals surface area contributed by atoms with Crippen LogP contribution in [0.3, 0.4) is 0 Å². The molecule has 0 spiro atoms. The van der Waals surface area contributed by atoms with Crippen LogP contribution in [0.15, 0.2) is 273 Å². The molecule has 0 fully saturated rings. The summed E-state index contributed by atoms with van der Waals surface area (Å²) in [5.74, 6) is 0. The van der Waals surface area contributed by atoms with Crippen molar-refractivity contribution in [2.75, 3.05) is 4.90 Å². The fraction of sp³-hybridized carbons (Fsp3) is 0. The highest BCUT2D eigenvalue weighted by Gasteiger charge is 2.17. The maximum atomic E-state index is 2.39. The zero-order valence-corrected chi connectivity index (χ0v) is 39.9. The van der Waals surface area contributed by atoms with Gasteiger partial charge in [0.1, 0.15) is 0 Å². The molecule has 0 heterocycles. The molecule has 0 aliphatic heterocycles. The number of hydrogen-bond donors (Lipinski definition) is 0. The number of anilines is 3. The lowest BCUT2D eigenvalue weighted by molar-refractivity contribution is 1.28. The Labute approximate surface area is 423 Å². The summed E-state index contributed by atoms with van der Waals surface area (Å²) in [7, 11) is 0. The van der Waals surface area contributed by atoms with Crippen molar-refractivity contribution in [2.24, 2.45) is 0 Å². The fourth-order valence-electron chi connectivity index (χ4n) is 11.9. The van der Waals surface area contributed by atoms with E-state index in [0.29, 0.717) is 0 Å². The van der Waals surface area contributed by atoms with E-state index in [9.17, 15) is 0 Å². The molecule has 0 N–H and O–H groups in total. The van der Waals surface area contributed by atoms with Gasteiger partial charge in [-0.1, -0.05) is 200 Å². The van der Waals surface area contributed by atoms with Crippen molar-refractivity contribution < 1.29 is 0 Å². The molecule has 1 nitrogen and oxygen atoms in total. The Bertz CT molecular complexity index is 4220. The summed E-state index contributed by atoms with van der Waals surface area (Å²) < 4.78 is 0. The summed E-state index contributed by atoms with van der Waals surface area (Å²) in [6.07, 6.45) is 0. The Hall–Kier alpha value is -9.56. The van der Waals surface area contributed by atoms with Crippen LogP contribution in [0.4, 0.5) is 17.1 Å². The van der Waals surface area contributed by atoms with Crippen molar-refractivity contribution in [1.82, 2.24) is 0 Å². The van der Waals surface area contributed by atoms with Gasteiger partial charge < -0.3 is 4.90 Å². The highest BCUT2D eigenvalue weighted by Crippen LogP contribution is 2.43. The summed E-state index contributed by atoms with van der Waals surface area (Å²) in [5.41, 5.74) is 10.5. The second-order valence-electron chi connectivity index (χ2n) is 19.6. The maximum Gasteiger partial charge on any atom is 0.0462 e. The molecular weight excluding hydrogens is 879 g/mol. The number of nitrogens with zero attached hydrogens (tertiary/aromatic N) is 1. The van der Waals surface area contributed by atoms with Gasteiger partial charge in [0.05, 0.1) is 0 Å². The number of rotatable bonds is 6. The first-order valence-corrected chi connectivity index (χ1v) is 25.3. The second-order valence-corrected chi connectivity index (χ2v) is 19.6. The van der Waals surface area contributed by atoms with Gasteiger partial charge >= 0.3 is 0 Å². The summed E-state index contributed by atoms with van der Waals surface area (Å²) in [4.78, 5) is 2.39. The lowest BCUT2D eigenvalue weighted by Gasteiger charge is -2.26. The molecule has 0 aliphatic carbocycles. The minimum atomic E-state index is 1.09. The summed E-state index contributed by atoms with van der Waals surface area (Å²) in [6.45, 7) is 0. The lowest BCUT2D eigenvalue weighted by atomic mass is 9.93. The van der Waals surface area contributed by atoms with Crippen LogP contribution in [0.1, 0.15) is 0 Å². The standard InChI is InChI=1S/C72H45N/c1-4-13-52-43-70-55(40-49(52)10-1)28-37-67-61(16-7-19-64(67)70)46-22-31-58(32-23-46)73(59-33-24-47(25-34-59)62-17-8-20-65-68(62)38-29-56-41-50-11-2-5-14-53(50)44-71(56)65)60-35-26-48(27-36-60)63-18-9-21-66-69(63)39-30-57-42-51-12-3-6-15-54(51)45-72(57)66/h1-45H. The first-order chi connectivity index (χ1) is 36.1. The highest BCUT2D eigenvalue weighted by molar-refractivity contribution is 6.18. The topological polar surface area (TPSA) is 3.24 Å². The normalized spacial score (nSPS) is 11.8. The van der Waals surface area contributed by atoms with Crippen LogP contribution < -0.4 is 4.90 Å². The molecule has 1 heteroatoms. The van der Waals surface area contributed by atoms with Crippen LogP contribution in [0.25, 0.3) is 130 Å². The van der Waals surface area contributed by atoms with E-state index in [2.05, 4.69) is 278 Å². The third kappa shape index (κ3) is 6.85. The van der Waals surface area contributed by atoms with Gasteiger partial charge in [0.25, 0.3) is 0 Å². The van der Waals surface area contributed by atoms with Crippen LogP contribution in [0.5, 0.6) is 0 Å². The molecule has 338 valence electrons. The van der Waals surface area contributed by atoms with E-state index in [1.165, 1.54) is 130 Å². The third-order valence-corrected chi connectivity index (χ3v) is 15.5. The molecule has 0 bridgehead atoms. The molecule has 0 amide bonds. The largest absolute Gasteiger partial charge is 0.311 e. The maximum absolute atomic E-state index is 2.39. The van der Waals surface area contributed by atoms with Crippen molar-refractivity contribution in [2.45, 2.75) is 0 Å². The van der Waals surface area contributed by atoms with E-state index in [0.717, 1.165) is 17.1 Å². The molecular formula is C72H45N. The highest BCUT2D eigenvalue weighted by atomic mass is 15.1. The van der Waals surface area contributed by atoms with E-state index < -0.39 is 0 Å². The Morgan fingerprint density at radius 1 is 0.164 bits per heavy atom. The monoisotopic (exact) mass is 923 g/mol. The first-order valence-electron chi connectivity index (χ1n) is 25.3. The van der Waals surface area contributed by atoms with Crippen LogP contribution in [0, 0.1) is 0 Å². The fourth-order valence-corrected chi connectivity index (χ4v) is 11.9. The van der Waals surface area contributed by atoms with Crippen LogP contribution in [0.2, 0.25) is 0 Å². The van der Waals surface area contributed by atoms with Gasteiger partial charge in [-0.2, -0.15) is 0 Å². The number of benzene rings is 15. The Morgan fingerprint density at radius 2 is 0.438 bits per heavy atom. The van der Waals surface area contributed by atoms with Gasteiger partial charge in [-0.05, 0) is 203 Å². The van der Waals surface area contributed by atoms with E-state index >= 15 is 0 Å². The molecule has 0 radical (unpaired) electrons. The zero-order valence-electron chi connectivity index (χ0n) is 39.9. The van der Waals surface area contributed by atoms with Gasteiger partial charge in [-0.3, -0.25) is 0 Å². The Morgan fingerprint density at radius 3 is 0.726 bits per heavy atom. The average Bonchev–Trinajstić information content (AvgIpc) is 3.45. The summed E-state index contributed by atoms with van der Waals surface area (Å²) in [5, 5.41) is 22.8. The van der Waals surface area contributed by atoms with E-state index in [1.54, 1.807) is 0 Å². The van der Waals surface area contributed by atoms with Gasteiger partial charge in [-0.25, -0.2) is 0 Å². The van der Waals surface area contributed by atoms with Crippen molar-refractivity contribution >= 4 is 114 Å². The molecule has 73 heavy (non-hydrogen) atoms. The van der Waals surface area contributed by atoms with Gasteiger partial charge in [-0.15, -0.1) is 0 Å². The third-order valence-electron chi connectivity index (χ3n) is 15.5. The quantitative estimate of drug-likeness (QED) is 0.119. The number of hydrogen-bond acceptors (Lipinski definition) is 1. The Balaban J connectivity index is 0.831. The van der Waals surface area contributed by atoms with Crippen molar-refractivity contribution in [3.8, 4) is 33.4 Å². The smallest absolute Gasteiger partial charge is 0.0462 e. The van der Waals surface area contributed by atoms with Crippen LogP contribution in [-0.2, 0) is 0 Å². The van der Waals surface area contributed by atoms with Gasteiger partial charge in [0, 0.05) is 17.1 Å². The SMILES string of the molecule is c1ccc2cc3c(ccc4c(-c5ccc(N(c6ccc(-c7cccc8c7ccc7cc9ccccc9cc78)cc6)c6ccc(-c7cccc8c7ccc7cc9ccccc9cc78)cc6)cc5)cccc43)cc2c1.